The first kappa shape index (κ1) is 13.9. The van der Waals surface area contributed by atoms with Gasteiger partial charge in [-0.2, -0.15) is 0 Å². The van der Waals surface area contributed by atoms with E-state index in [0.717, 1.165) is 31.1 Å². The highest BCUT2D eigenvalue weighted by Gasteiger charge is 2.13. The van der Waals surface area contributed by atoms with Gasteiger partial charge in [0, 0.05) is 29.9 Å². The fourth-order valence-electron chi connectivity index (χ4n) is 1.99. The summed E-state index contributed by atoms with van der Waals surface area (Å²) in [5.74, 6) is 2.11. The first-order valence-corrected chi connectivity index (χ1v) is 6.80. The third kappa shape index (κ3) is 3.70. The zero-order chi connectivity index (χ0) is 13.9. The molecule has 4 nitrogen and oxygen atoms in total. The Morgan fingerprint density at radius 1 is 1.37 bits per heavy atom. The Morgan fingerprint density at radius 3 is 2.84 bits per heavy atom. The van der Waals surface area contributed by atoms with E-state index in [9.17, 15) is 0 Å². The van der Waals surface area contributed by atoms with Gasteiger partial charge in [-0.15, -0.1) is 0 Å². The van der Waals surface area contributed by atoms with Crippen molar-refractivity contribution >= 4 is 0 Å². The number of hydrogen-bond acceptors (Lipinski definition) is 3. The van der Waals surface area contributed by atoms with Gasteiger partial charge in [-0.05, 0) is 26.8 Å². The zero-order valence-electron chi connectivity index (χ0n) is 12.2. The van der Waals surface area contributed by atoms with Crippen molar-refractivity contribution in [2.45, 2.75) is 52.7 Å². The number of aryl methyl sites for hydroxylation is 1. The zero-order valence-corrected chi connectivity index (χ0v) is 12.2. The van der Waals surface area contributed by atoms with Crippen LogP contribution in [0, 0.1) is 0 Å². The lowest BCUT2D eigenvalue weighted by Crippen LogP contribution is -2.35. The molecule has 0 saturated carbocycles. The molecule has 0 aromatic carbocycles. The minimum absolute atomic E-state index is 0.0909. The van der Waals surface area contributed by atoms with E-state index in [2.05, 4.69) is 42.6 Å². The molecule has 2 rings (SSSR count). The number of furan rings is 1. The maximum Gasteiger partial charge on any atom is 0.122 e. The van der Waals surface area contributed by atoms with E-state index in [1.54, 1.807) is 6.26 Å². The minimum Gasteiger partial charge on any atom is -0.468 e. The van der Waals surface area contributed by atoms with Crippen LogP contribution >= 0.6 is 0 Å². The number of hydrogen-bond donors (Lipinski definition) is 1. The van der Waals surface area contributed by atoms with E-state index in [1.165, 1.54) is 5.56 Å². The molecule has 104 valence electrons. The minimum atomic E-state index is 0.0909. The molecule has 1 N–H and O–H groups in total. The monoisotopic (exact) mass is 261 g/mol. The Hall–Kier alpha value is -1.55. The maximum absolute atomic E-state index is 5.59. The smallest absolute Gasteiger partial charge is 0.122 e. The molecule has 0 unspecified atom stereocenters. The van der Waals surface area contributed by atoms with Gasteiger partial charge in [0.15, 0.2) is 0 Å². The lowest BCUT2D eigenvalue weighted by Gasteiger charge is -2.20. The van der Waals surface area contributed by atoms with Crippen LogP contribution in [-0.4, -0.2) is 15.1 Å². The molecule has 0 fully saturated rings. The topological polar surface area (TPSA) is 43.0 Å². The Balaban J connectivity index is 2.07. The number of nitrogens with one attached hydrogen (secondary N) is 1. The summed E-state index contributed by atoms with van der Waals surface area (Å²) >= 11 is 0. The fourth-order valence-corrected chi connectivity index (χ4v) is 1.99. The maximum atomic E-state index is 5.59. The number of nitrogens with zero attached hydrogens (tertiary/aromatic N) is 2. The van der Waals surface area contributed by atoms with Crippen LogP contribution in [0.25, 0.3) is 0 Å². The van der Waals surface area contributed by atoms with E-state index < -0.39 is 0 Å². The quantitative estimate of drug-likeness (QED) is 0.899. The molecule has 0 aliphatic heterocycles. The van der Waals surface area contributed by atoms with Gasteiger partial charge in [-0.3, -0.25) is 0 Å². The number of rotatable bonds is 5. The van der Waals surface area contributed by atoms with Crippen LogP contribution in [0.4, 0.5) is 0 Å². The molecular formula is C15H23N3O. The highest BCUT2D eigenvalue weighted by atomic mass is 16.3. The summed E-state index contributed by atoms with van der Waals surface area (Å²) in [6.07, 6.45) is 6.58. The predicted octanol–water partition coefficient (Wildman–Crippen LogP) is 2.97. The molecule has 0 saturated heterocycles. The average Bonchev–Trinajstić information content (AvgIpc) is 2.95. The molecule has 19 heavy (non-hydrogen) atoms. The van der Waals surface area contributed by atoms with Gasteiger partial charge in [0.1, 0.15) is 11.6 Å². The molecule has 0 atom stereocenters. The lowest BCUT2D eigenvalue weighted by molar-refractivity contribution is 0.385. The number of aromatic nitrogens is 2. The lowest BCUT2D eigenvalue weighted by atomic mass is 10.1. The van der Waals surface area contributed by atoms with Crippen molar-refractivity contribution in [3.05, 3.63) is 41.9 Å². The van der Waals surface area contributed by atoms with Crippen molar-refractivity contribution in [2.75, 3.05) is 0 Å². The van der Waals surface area contributed by atoms with Gasteiger partial charge >= 0.3 is 0 Å². The largest absolute Gasteiger partial charge is 0.468 e. The van der Waals surface area contributed by atoms with Gasteiger partial charge < -0.3 is 14.3 Å². The van der Waals surface area contributed by atoms with E-state index in [1.807, 2.05) is 18.5 Å². The molecule has 0 aliphatic carbocycles. The summed E-state index contributed by atoms with van der Waals surface area (Å²) in [5, 5.41) is 3.45. The molecule has 0 spiro atoms. The molecule has 4 heteroatoms. The van der Waals surface area contributed by atoms with Crippen LogP contribution in [0.3, 0.4) is 0 Å². The van der Waals surface area contributed by atoms with Crippen LogP contribution in [-0.2, 0) is 19.5 Å². The van der Waals surface area contributed by atoms with E-state index in [4.69, 9.17) is 4.42 Å². The second-order valence-electron chi connectivity index (χ2n) is 5.80. The molecular weight excluding hydrogens is 238 g/mol. The second kappa shape index (κ2) is 5.61. The summed E-state index contributed by atoms with van der Waals surface area (Å²) in [4.78, 5) is 4.35. The van der Waals surface area contributed by atoms with Crippen molar-refractivity contribution < 1.29 is 4.42 Å². The number of imidazole rings is 1. The van der Waals surface area contributed by atoms with Crippen molar-refractivity contribution in [1.82, 2.24) is 14.9 Å². The highest BCUT2D eigenvalue weighted by molar-refractivity contribution is 5.18. The summed E-state index contributed by atoms with van der Waals surface area (Å²) in [6, 6.07) is 2.04. The molecule has 0 radical (unpaired) electrons. The van der Waals surface area contributed by atoms with Crippen molar-refractivity contribution in [1.29, 1.82) is 0 Å². The van der Waals surface area contributed by atoms with Gasteiger partial charge in [0.25, 0.3) is 0 Å². The molecule has 0 bridgehead atoms. The standard InChI is InChI=1S/C15H23N3O/c1-5-14-16-7-8-18(14)11-12-6-9-19-13(12)10-17-15(2,3)4/h6-9,17H,5,10-11H2,1-4H3. The van der Waals surface area contributed by atoms with E-state index in [-0.39, 0.29) is 5.54 Å². The SMILES string of the molecule is CCc1nccn1Cc1ccoc1CNC(C)(C)C. The van der Waals surface area contributed by atoms with Crippen LogP contribution in [0.15, 0.2) is 29.1 Å². The van der Waals surface area contributed by atoms with Crippen LogP contribution < -0.4 is 5.32 Å². The van der Waals surface area contributed by atoms with Gasteiger partial charge in [0.2, 0.25) is 0 Å². The van der Waals surface area contributed by atoms with E-state index in [0.29, 0.717) is 0 Å². The third-order valence-corrected chi connectivity index (χ3v) is 3.08. The Kier molecular flexibility index (Phi) is 4.10. The molecule has 2 aromatic heterocycles. The Labute approximate surface area is 114 Å². The Bertz CT molecular complexity index is 519. The van der Waals surface area contributed by atoms with Crippen LogP contribution in [0.2, 0.25) is 0 Å². The van der Waals surface area contributed by atoms with Crippen molar-refractivity contribution in [3.8, 4) is 0 Å². The predicted molar refractivity (Wildman–Crippen MR) is 76.0 cm³/mol. The molecule has 0 amide bonds. The van der Waals surface area contributed by atoms with Gasteiger partial charge in [-0.25, -0.2) is 4.98 Å². The third-order valence-electron chi connectivity index (χ3n) is 3.08. The van der Waals surface area contributed by atoms with Crippen LogP contribution in [0.1, 0.15) is 44.8 Å². The fraction of sp³-hybridized carbons (Fsp3) is 0.533. The van der Waals surface area contributed by atoms with Crippen molar-refractivity contribution in [2.24, 2.45) is 0 Å². The first-order valence-electron chi connectivity index (χ1n) is 6.80. The highest BCUT2D eigenvalue weighted by Crippen LogP contribution is 2.15. The normalized spacial score (nSPS) is 12.0. The molecule has 0 aliphatic rings. The Morgan fingerprint density at radius 2 is 2.16 bits per heavy atom. The summed E-state index contributed by atoms with van der Waals surface area (Å²) in [7, 11) is 0. The summed E-state index contributed by atoms with van der Waals surface area (Å²) < 4.78 is 7.76. The van der Waals surface area contributed by atoms with Gasteiger partial charge in [-0.1, -0.05) is 6.92 Å². The van der Waals surface area contributed by atoms with Crippen LogP contribution in [0.5, 0.6) is 0 Å². The summed E-state index contributed by atoms with van der Waals surface area (Å²) in [6.45, 7) is 10.2. The second-order valence-corrected chi connectivity index (χ2v) is 5.80. The molecule has 2 aromatic rings. The van der Waals surface area contributed by atoms with Crippen molar-refractivity contribution in [3.63, 3.8) is 0 Å². The average molecular weight is 261 g/mol. The first-order chi connectivity index (χ1) is 8.99. The van der Waals surface area contributed by atoms with Gasteiger partial charge in [0.05, 0.1) is 19.4 Å². The molecule has 2 heterocycles. The van der Waals surface area contributed by atoms with E-state index >= 15 is 0 Å². The summed E-state index contributed by atoms with van der Waals surface area (Å²) in [5.41, 5.74) is 1.30.